The van der Waals surface area contributed by atoms with Crippen molar-refractivity contribution in [2.75, 3.05) is 13.9 Å². The monoisotopic (exact) mass is 271 g/mol. The molecule has 0 amide bonds. The van der Waals surface area contributed by atoms with Crippen LogP contribution in [0.4, 0.5) is 0 Å². The molecule has 5 heteroatoms. The number of hydrogen-bond donors (Lipinski definition) is 0. The van der Waals surface area contributed by atoms with Crippen molar-refractivity contribution in [1.29, 1.82) is 0 Å². The molecule has 0 aliphatic carbocycles. The zero-order valence-corrected chi connectivity index (χ0v) is 9.78. The molecule has 0 radical (unpaired) electrons. The highest BCUT2D eigenvalue weighted by molar-refractivity contribution is 9.08. The number of hydrogen-bond acceptors (Lipinski definition) is 4. The summed E-state index contributed by atoms with van der Waals surface area (Å²) in [6.45, 7) is 0.167. The number of aromatic nitrogens is 1. The molecule has 0 atom stereocenters. The molecule has 1 heterocycles. The number of rotatable bonds is 4. The van der Waals surface area contributed by atoms with Crippen molar-refractivity contribution in [3.8, 4) is 5.88 Å². The number of alkyl halides is 1. The third-order valence-electron chi connectivity index (χ3n) is 1.97. The summed E-state index contributed by atoms with van der Waals surface area (Å²) in [5.41, 5.74) is 1.86. The van der Waals surface area contributed by atoms with Crippen LogP contribution in [-0.4, -0.2) is 19.1 Å². The molecule has 0 saturated heterocycles. The summed E-state index contributed by atoms with van der Waals surface area (Å²) in [6.07, 6.45) is 0. The normalized spacial score (nSPS) is 10.8. The molecule has 2 rings (SSSR count). The predicted octanol–water partition coefficient (Wildman–Crippen LogP) is 2.71. The summed E-state index contributed by atoms with van der Waals surface area (Å²) in [6, 6.07) is 5.83. The van der Waals surface area contributed by atoms with E-state index in [2.05, 4.69) is 21.1 Å². The fourth-order valence-corrected chi connectivity index (χ4v) is 1.61. The Morgan fingerprint density at radius 3 is 3.07 bits per heavy atom. The van der Waals surface area contributed by atoms with Crippen LogP contribution in [0.1, 0.15) is 5.56 Å². The minimum absolute atomic E-state index is 0.167. The van der Waals surface area contributed by atoms with Gasteiger partial charge in [-0.25, -0.2) is 0 Å². The highest BCUT2D eigenvalue weighted by Gasteiger charge is 2.09. The Hall–Kier alpha value is -1.07. The lowest BCUT2D eigenvalue weighted by molar-refractivity contribution is 0.0463. The Kier molecular flexibility index (Phi) is 3.23. The van der Waals surface area contributed by atoms with Crippen molar-refractivity contribution in [3.05, 3.63) is 23.8 Å². The number of benzene rings is 1. The van der Waals surface area contributed by atoms with E-state index in [9.17, 15) is 0 Å². The molecule has 15 heavy (non-hydrogen) atoms. The summed E-state index contributed by atoms with van der Waals surface area (Å²) in [7, 11) is 1.56. The molecule has 0 unspecified atom stereocenters. The summed E-state index contributed by atoms with van der Waals surface area (Å²) < 4.78 is 15.2. The zero-order chi connectivity index (χ0) is 10.7. The van der Waals surface area contributed by atoms with E-state index in [1.165, 1.54) is 0 Å². The molecule has 0 aliphatic rings. The molecule has 0 bridgehead atoms. The standard InChI is InChI=1S/C10H10BrNO3/c1-13-6-14-10-8-4-7(5-11)2-3-9(8)15-12-10/h2-4H,5-6H2,1H3. The van der Waals surface area contributed by atoms with Gasteiger partial charge in [0.25, 0.3) is 5.88 Å². The van der Waals surface area contributed by atoms with Gasteiger partial charge in [0.15, 0.2) is 12.4 Å². The van der Waals surface area contributed by atoms with Crippen LogP contribution in [0.5, 0.6) is 5.88 Å². The van der Waals surface area contributed by atoms with Gasteiger partial charge in [-0.1, -0.05) is 22.0 Å². The Bertz CT molecular complexity index is 455. The Morgan fingerprint density at radius 2 is 2.33 bits per heavy atom. The van der Waals surface area contributed by atoms with Crippen molar-refractivity contribution in [2.24, 2.45) is 0 Å². The van der Waals surface area contributed by atoms with Crippen LogP contribution in [0, 0.1) is 0 Å². The Morgan fingerprint density at radius 1 is 1.47 bits per heavy atom. The van der Waals surface area contributed by atoms with Crippen LogP contribution < -0.4 is 4.74 Å². The molecule has 0 saturated carbocycles. The zero-order valence-electron chi connectivity index (χ0n) is 8.20. The van der Waals surface area contributed by atoms with Gasteiger partial charge in [-0.05, 0) is 22.9 Å². The van der Waals surface area contributed by atoms with Crippen LogP contribution in [0.25, 0.3) is 11.0 Å². The molecule has 0 aliphatic heterocycles. The number of ether oxygens (including phenoxy) is 2. The second kappa shape index (κ2) is 4.63. The Balaban J connectivity index is 2.38. The summed E-state index contributed by atoms with van der Waals surface area (Å²) >= 11 is 3.39. The van der Waals surface area contributed by atoms with Gasteiger partial charge in [0, 0.05) is 12.4 Å². The van der Waals surface area contributed by atoms with Gasteiger partial charge >= 0.3 is 0 Å². The number of methoxy groups -OCH3 is 1. The fraction of sp³-hybridized carbons (Fsp3) is 0.300. The largest absolute Gasteiger partial charge is 0.448 e. The van der Waals surface area contributed by atoms with Crippen LogP contribution >= 0.6 is 15.9 Å². The molecule has 1 aromatic carbocycles. The van der Waals surface area contributed by atoms with E-state index in [0.717, 1.165) is 16.3 Å². The lowest BCUT2D eigenvalue weighted by Crippen LogP contribution is -1.98. The van der Waals surface area contributed by atoms with E-state index < -0.39 is 0 Å². The van der Waals surface area contributed by atoms with Gasteiger partial charge in [0.2, 0.25) is 0 Å². The first kappa shape index (κ1) is 10.4. The maximum atomic E-state index is 5.27. The van der Waals surface area contributed by atoms with Crippen molar-refractivity contribution in [3.63, 3.8) is 0 Å². The quantitative estimate of drug-likeness (QED) is 0.634. The molecular formula is C10H10BrNO3. The van der Waals surface area contributed by atoms with Gasteiger partial charge in [-0.15, -0.1) is 0 Å². The van der Waals surface area contributed by atoms with E-state index in [0.29, 0.717) is 11.5 Å². The van der Waals surface area contributed by atoms with Crippen LogP contribution in [-0.2, 0) is 10.1 Å². The van der Waals surface area contributed by atoms with E-state index in [1.807, 2.05) is 18.2 Å². The first-order chi connectivity index (χ1) is 7.35. The van der Waals surface area contributed by atoms with E-state index in [1.54, 1.807) is 7.11 Å². The van der Waals surface area contributed by atoms with Gasteiger partial charge < -0.3 is 14.0 Å². The van der Waals surface area contributed by atoms with E-state index >= 15 is 0 Å². The van der Waals surface area contributed by atoms with Gasteiger partial charge in [-0.3, -0.25) is 0 Å². The molecule has 0 spiro atoms. The number of nitrogens with zero attached hydrogens (tertiary/aromatic N) is 1. The average Bonchev–Trinajstić information content (AvgIpc) is 2.68. The van der Waals surface area contributed by atoms with Gasteiger partial charge in [0.1, 0.15) is 0 Å². The number of halogens is 1. The molecule has 0 N–H and O–H groups in total. The van der Waals surface area contributed by atoms with Crippen LogP contribution in [0.15, 0.2) is 22.7 Å². The summed E-state index contributed by atoms with van der Waals surface area (Å²) in [5.74, 6) is 0.467. The van der Waals surface area contributed by atoms with Gasteiger partial charge in [-0.2, -0.15) is 0 Å². The molecule has 2 aromatic rings. The molecule has 80 valence electrons. The van der Waals surface area contributed by atoms with E-state index in [4.69, 9.17) is 14.0 Å². The number of fused-ring (bicyclic) bond motifs is 1. The summed E-state index contributed by atoms with van der Waals surface area (Å²) in [4.78, 5) is 0. The fourth-order valence-electron chi connectivity index (χ4n) is 1.27. The second-order valence-electron chi connectivity index (χ2n) is 3.00. The average molecular weight is 272 g/mol. The predicted molar refractivity (Wildman–Crippen MR) is 59.1 cm³/mol. The second-order valence-corrected chi connectivity index (χ2v) is 3.56. The smallest absolute Gasteiger partial charge is 0.264 e. The molecular weight excluding hydrogens is 262 g/mol. The highest BCUT2D eigenvalue weighted by Crippen LogP contribution is 2.26. The molecule has 0 fully saturated rings. The third-order valence-corrected chi connectivity index (χ3v) is 2.62. The Labute approximate surface area is 95.3 Å². The van der Waals surface area contributed by atoms with Crippen LogP contribution in [0.2, 0.25) is 0 Å². The lowest BCUT2D eigenvalue weighted by atomic mass is 10.2. The van der Waals surface area contributed by atoms with Crippen molar-refractivity contribution in [1.82, 2.24) is 5.16 Å². The maximum absolute atomic E-state index is 5.27. The first-order valence-corrected chi connectivity index (χ1v) is 5.53. The third kappa shape index (κ3) is 2.13. The minimum Gasteiger partial charge on any atom is -0.448 e. The van der Waals surface area contributed by atoms with Crippen LogP contribution in [0.3, 0.4) is 0 Å². The maximum Gasteiger partial charge on any atom is 0.264 e. The van der Waals surface area contributed by atoms with Gasteiger partial charge in [0.05, 0.1) is 5.39 Å². The summed E-state index contributed by atoms with van der Waals surface area (Å²) in [5, 5.41) is 5.47. The van der Waals surface area contributed by atoms with Crippen molar-refractivity contribution >= 4 is 26.9 Å². The lowest BCUT2D eigenvalue weighted by Gasteiger charge is -1.99. The SMILES string of the molecule is COCOc1noc2ccc(CBr)cc12. The minimum atomic E-state index is 0.167. The van der Waals surface area contributed by atoms with Crippen molar-refractivity contribution < 1.29 is 14.0 Å². The van der Waals surface area contributed by atoms with E-state index in [-0.39, 0.29) is 6.79 Å². The molecule has 1 aromatic heterocycles. The first-order valence-electron chi connectivity index (χ1n) is 4.41. The van der Waals surface area contributed by atoms with Crippen molar-refractivity contribution in [2.45, 2.75) is 5.33 Å². The molecule has 4 nitrogen and oxygen atoms in total. The highest BCUT2D eigenvalue weighted by atomic mass is 79.9. The topological polar surface area (TPSA) is 44.5 Å².